The molecule has 12 aromatic carbocycles. The molecule has 0 fully saturated rings. The zero-order valence-corrected chi connectivity index (χ0v) is 40.2. The number of hydrogen-bond donors (Lipinski definition) is 0. The second-order valence-electron chi connectivity index (χ2n) is 19.4. The predicted octanol–water partition coefficient (Wildman–Crippen LogP) is 17.8. The van der Waals surface area contributed by atoms with Gasteiger partial charge in [0.15, 0.2) is 17.5 Å². The van der Waals surface area contributed by atoms with Crippen molar-refractivity contribution in [3.05, 3.63) is 289 Å². The number of hydrogen-bond acceptors (Lipinski definition) is 4. The fourth-order valence-electron chi connectivity index (χ4n) is 12.3. The molecular weight excluding hydrogens is 897 g/mol. The van der Waals surface area contributed by atoms with Gasteiger partial charge in [-0.25, -0.2) is 15.0 Å². The standard InChI is InChI=1S/C70H44N4/c1-5-20-47(21-6-1)67-71-68(48-22-7-2-8-23-48)73-69(72-67)50-37-41-57-56-40-36-49(45-33-38-53(39-34-45)74(51-24-9-3-10-25-51)52-26-11-4-12-27-52)43-62(56)70(63(57)44-50)61-32-18-17-31-60(61)65-58-30-16-15-29-55(58)59-42-35-46-19-13-14-28-54(46)64(59)66(65)70/h1-44H. The molecule has 344 valence electrons. The summed E-state index contributed by atoms with van der Waals surface area (Å²) in [5.41, 5.74) is 17.8. The maximum Gasteiger partial charge on any atom is 0.164 e. The van der Waals surface area contributed by atoms with Gasteiger partial charge in [0.05, 0.1) is 5.41 Å². The lowest BCUT2D eigenvalue weighted by Gasteiger charge is -2.32. The zero-order valence-electron chi connectivity index (χ0n) is 40.2. The Labute approximate surface area is 429 Å². The van der Waals surface area contributed by atoms with E-state index in [1.807, 2.05) is 36.4 Å². The normalized spacial score (nSPS) is 14.0. The average Bonchev–Trinajstić information content (AvgIpc) is 3.97. The van der Waals surface area contributed by atoms with Gasteiger partial charge in [-0.3, -0.25) is 0 Å². The first-order valence-corrected chi connectivity index (χ1v) is 25.3. The summed E-state index contributed by atoms with van der Waals surface area (Å²) in [4.78, 5) is 18.0. The van der Waals surface area contributed by atoms with Gasteiger partial charge in [-0.1, -0.05) is 218 Å². The van der Waals surface area contributed by atoms with Crippen molar-refractivity contribution in [2.45, 2.75) is 5.41 Å². The molecule has 1 heterocycles. The summed E-state index contributed by atoms with van der Waals surface area (Å²) < 4.78 is 0. The summed E-state index contributed by atoms with van der Waals surface area (Å²) in [6.45, 7) is 0. The van der Waals surface area contributed by atoms with E-state index < -0.39 is 5.41 Å². The van der Waals surface area contributed by atoms with Crippen LogP contribution in [0.2, 0.25) is 0 Å². The SMILES string of the molecule is c1ccc(-c2nc(-c3ccccc3)nc(-c3ccc4c(c3)C3(c5cc(-c6ccc(N(c7ccccc7)c7ccccc7)cc6)ccc5-4)c4ccccc4-c4c3c3c5ccccc5ccc3c3ccccc43)n2)cc1. The van der Waals surface area contributed by atoms with Crippen LogP contribution in [0, 0.1) is 0 Å². The molecule has 1 aromatic heterocycles. The summed E-state index contributed by atoms with van der Waals surface area (Å²) in [7, 11) is 0. The lowest BCUT2D eigenvalue weighted by molar-refractivity contribution is 0.802. The summed E-state index contributed by atoms with van der Waals surface area (Å²) in [6, 6.07) is 96.7. The minimum absolute atomic E-state index is 0.632. The molecule has 4 heteroatoms. The summed E-state index contributed by atoms with van der Waals surface area (Å²) >= 11 is 0. The highest BCUT2D eigenvalue weighted by Gasteiger charge is 2.53. The van der Waals surface area contributed by atoms with E-state index in [-0.39, 0.29) is 0 Å². The fourth-order valence-corrected chi connectivity index (χ4v) is 12.3. The Bertz CT molecular complexity index is 4250. The quantitative estimate of drug-likeness (QED) is 0.149. The number of aromatic nitrogens is 3. The molecule has 74 heavy (non-hydrogen) atoms. The molecule has 13 aromatic rings. The van der Waals surface area contributed by atoms with E-state index in [4.69, 9.17) is 15.0 Å². The Morgan fingerprint density at radius 2 is 0.757 bits per heavy atom. The van der Waals surface area contributed by atoms with Gasteiger partial charge in [-0.2, -0.15) is 0 Å². The Morgan fingerprint density at radius 1 is 0.284 bits per heavy atom. The van der Waals surface area contributed by atoms with Crippen LogP contribution in [0.15, 0.2) is 267 Å². The fraction of sp³-hybridized carbons (Fsp3) is 0.0143. The number of rotatable bonds is 7. The first kappa shape index (κ1) is 42.0. The largest absolute Gasteiger partial charge is 0.311 e. The first-order valence-electron chi connectivity index (χ1n) is 25.3. The summed E-state index contributed by atoms with van der Waals surface area (Å²) in [6.07, 6.45) is 0. The van der Waals surface area contributed by atoms with Gasteiger partial charge < -0.3 is 4.90 Å². The summed E-state index contributed by atoms with van der Waals surface area (Å²) in [5, 5.41) is 7.51. The first-order chi connectivity index (χ1) is 36.7. The van der Waals surface area contributed by atoms with Crippen LogP contribution in [-0.4, -0.2) is 15.0 Å². The topological polar surface area (TPSA) is 41.9 Å². The van der Waals surface area contributed by atoms with E-state index in [1.54, 1.807) is 0 Å². The Kier molecular flexibility index (Phi) is 9.45. The second kappa shape index (κ2) is 16.7. The van der Waals surface area contributed by atoms with E-state index >= 15 is 0 Å². The third-order valence-corrected chi connectivity index (χ3v) is 15.5. The molecule has 0 saturated carbocycles. The lowest BCUT2D eigenvalue weighted by atomic mass is 9.68. The molecule has 1 atom stereocenters. The van der Waals surface area contributed by atoms with Crippen LogP contribution in [0.3, 0.4) is 0 Å². The van der Waals surface area contributed by atoms with Crippen molar-refractivity contribution in [1.82, 2.24) is 15.0 Å². The van der Waals surface area contributed by atoms with Crippen LogP contribution in [0.5, 0.6) is 0 Å². The van der Waals surface area contributed by atoms with Crippen LogP contribution >= 0.6 is 0 Å². The van der Waals surface area contributed by atoms with Gasteiger partial charge in [0.1, 0.15) is 0 Å². The number of fused-ring (bicyclic) bond motifs is 17. The molecule has 2 aliphatic rings. The smallest absolute Gasteiger partial charge is 0.164 e. The van der Waals surface area contributed by atoms with Crippen molar-refractivity contribution < 1.29 is 0 Å². The molecule has 15 rings (SSSR count). The molecule has 2 aliphatic carbocycles. The zero-order chi connectivity index (χ0) is 48.7. The molecule has 4 nitrogen and oxygen atoms in total. The van der Waals surface area contributed by atoms with Crippen molar-refractivity contribution in [1.29, 1.82) is 0 Å². The van der Waals surface area contributed by atoms with Crippen LogP contribution < -0.4 is 4.90 Å². The van der Waals surface area contributed by atoms with E-state index in [0.29, 0.717) is 17.5 Å². The van der Waals surface area contributed by atoms with Gasteiger partial charge >= 0.3 is 0 Å². The molecule has 0 radical (unpaired) electrons. The Balaban J connectivity index is 1.01. The highest BCUT2D eigenvalue weighted by molar-refractivity contribution is 6.26. The predicted molar refractivity (Wildman–Crippen MR) is 305 cm³/mol. The molecule has 0 N–H and O–H groups in total. The molecular formula is C70H44N4. The number of benzene rings is 12. The molecule has 0 aliphatic heterocycles. The van der Waals surface area contributed by atoms with Crippen molar-refractivity contribution >= 4 is 49.4 Å². The average molecular weight is 941 g/mol. The number of nitrogens with zero attached hydrogens (tertiary/aromatic N) is 4. The van der Waals surface area contributed by atoms with Crippen molar-refractivity contribution in [2.75, 3.05) is 4.90 Å². The van der Waals surface area contributed by atoms with E-state index in [0.717, 1.165) is 44.9 Å². The third-order valence-electron chi connectivity index (χ3n) is 15.5. The third kappa shape index (κ3) is 6.31. The van der Waals surface area contributed by atoms with E-state index in [9.17, 15) is 0 Å². The maximum absolute atomic E-state index is 5.30. The molecule has 1 unspecified atom stereocenters. The molecule has 0 amide bonds. The Morgan fingerprint density at radius 3 is 1.39 bits per heavy atom. The molecule has 1 spiro atoms. The summed E-state index contributed by atoms with van der Waals surface area (Å²) in [5.74, 6) is 1.91. The minimum Gasteiger partial charge on any atom is -0.311 e. The second-order valence-corrected chi connectivity index (χ2v) is 19.4. The monoisotopic (exact) mass is 940 g/mol. The van der Waals surface area contributed by atoms with Gasteiger partial charge in [0.25, 0.3) is 0 Å². The maximum atomic E-state index is 5.30. The van der Waals surface area contributed by atoms with Gasteiger partial charge in [0, 0.05) is 33.8 Å². The minimum atomic E-state index is -0.732. The van der Waals surface area contributed by atoms with E-state index in [2.05, 4.69) is 235 Å². The van der Waals surface area contributed by atoms with Crippen LogP contribution in [0.25, 0.3) is 99.9 Å². The van der Waals surface area contributed by atoms with E-state index in [1.165, 1.54) is 76.8 Å². The van der Waals surface area contributed by atoms with Gasteiger partial charge in [-0.15, -0.1) is 0 Å². The highest BCUT2D eigenvalue weighted by Crippen LogP contribution is 2.66. The Hall–Kier alpha value is -9.77. The van der Waals surface area contributed by atoms with Crippen molar-refractivity contribution in [3.63, 3.8) is 0 Å². The van der Waals surface area contributed by atoms with Crippen molar-refractivity contribution in [3.8, 4) is 67.5 Å². The van der Waals surface area contributed by atoms with Gasteiger partial charge in [-0.05, 0) is 136 Å². The highest BCUT2D eigenvalue weighted by atomic mass is 15.1. The number of para-hydroxylation sites is 2. The van der Waals surface area contributed by atoms with Crippen molar-refractivity contribution in [2.24, 2.45) is 0 Å². The number of anilines is 3. The lowest BCUT2D eigenvalue weighted by Crippen LogP contribution is -2.26. The van der Waals surface area contributed by atoms with Crippen LogP contribution in [0.4, 0.5) is 17.1 Å². The molecule has 0 bridgehead atoms. The van der Waals surface area contributed by atoms with Crippen LogP contribution in [-0.2, 0) is 5.41 Å². The molecule has 0 saturated heterocycles. The van der Waals surface area contributed by atoms with Crippen LogP contribution in [0.1, 0.15) is 22.3 Å². The van der Waals surface area contributed by atoms with Gasteiger partial charge in [0.2, 0.25) is 0 Å².